The molecule has 15 heavy (non-hydrogen) atoms. The summed E-state index contributed by atoms with van der Waals surface area (Å²) in [5.41, 5.74) is 1.62. The average molecular weight is 206 g/mol. The smallest absolute Gasteiger partial charge is 0.332 e. The predicted molar refractivity (Wildman–Crippen MR) is 57.9 cm³/mol. The van der Waals surface area contributed by atoms with Crippen LogP contribution in [-0.4, -0.2) is 24.6 Å². The molecule has 0 saturated heterocycles. The number of hydrogen-bond donors (Lipinski definition) is 1. The summed E-state index contributed by atoms with van der Waals surface area (Å²) in [5.74, 6) is -0.348. The molecular weight excluding hydrogens is 192 g/mol. The number of nitrogens with one attached hydrogen (secondary N) is 1. The van der Waals surface area contributed by atoms with Crippen molar-refractivity contribution >= 4 is 11.7 Å². The first kappa shape index (κ1) is 11.2. The van der Waals surface area contributed by atoms with Crippen molar-refractivity contribution in [2.45, 2.75) is 6.92 Å². The van der Waals surface area contributed by atoms with Gasteiger partial charge in [-0.15, -0.1) is 0 Å². The fraction of sp³-hybridized carbons (Fsp3) is 0.273. The summed E-state index contributed by atoms with van der Waals surface area (Å²) < 4.78 is 4.82. The zero-order chi connectivity index (χ0) is 11.1. The molecule has 0 fully saturated rings. The number of esters is 1. The fourth-order valence-corrected chi connectivity index (χ4v) is 1.13. The third kappa shape index (κ3) is 3.42. The van der Waals surface area contributed by atoms with Gasteiger partial charge in [0.15, 0.2) is 0 Å². The SMILES string of the molecule is CCOC(=O)C=C(NC)c1ccncc1. The third-order valence-electron chi connectivity index (χ3n) is 1.81. The molecule has 0 bridgehead atoms. The van der Waals surface area contributed by atoms with Gasteiger partial charge in [-0.2, -0.15) is 0 Å². The van der Waals surface area contributed by atoms with E-state index in [-0.39, 0.29) is 5.97 Å². The lowest BCUT2D eigenvalue weighted by atomic mass is 10.2. The van der Waals surface area contributed by atoms with Crippen LogP contribution in [0.3, 0.4) is 0 Å². The highest BCUT2D eigenvalue weighted by atomic mass is 16.5. The van der Waals surface area contributed by atoms with Gasteiger partial charge in [0, 0.05) is 36.8 Å². The molecule has 1 heterocycles. The molecule has 0 aliphatic carbocycles. The van der Waals surface area contributed by atoms with Crippen molar-refractivity contribution in [2.75, 3.05) is 13.7 Å². The summed E-state index contributed by atoms with van der Waals surface area (Å²) in [7, 11) is 1.76. The summed E-state index contributed by atoms with van der Waals surface area (Å²) in [4.78, 5) is 15.1. The van der Waals surface area contributed by atoms with Gasteiger partial charge in [0.05, 0.1) is 6.61 Å². The molecule has 0 spiro atoms. The van der Waals surface area contributed by atoms with Gasteiger partial charge >= 0.3 is 5.97 Å². The summed E-state index contributed by atoms with van der Waals surface area (Å²) >= 11 is 0. The monoisotopic (exact) mass is 206 g/mol. The first-order valence-electron chi connectivity index (χ1n) is 4.74. The number of rotatable bonds is 4. The van der Waals surface area contributed by atoms with Crippen LogP contribution >= 0.6 is 0 Å². The Kier molecular flexibility index (Phi) is 4.34. The van der Waals surface area contributed by atoms with E-state index in [9.17, 15) is 4.79 Å². The molecule has 0 unspecified atom stereocenters. The van der Waals surface area contributed by atoms with Gasteiger partial charge < -0.3 is 10.1 Å². The number of hydrogen-bond acceptors (Lipinski definition) is 4. The lowest BCUT2D eigenvalue weighted by Gasteiger charge is -2.06. The van der Waals surface area contributed by atoms with Crippen LogP contribution in [0.4, 0.5) is 0 Å². The molecule has 0 saturated carbocycles. The van der Waals surface area contributed by atoms with Crippen LogP contribution in [-0.2, 0) is 9.53 Å². The molecule has 0 aliphatic rings. The lowest BCUT2D eigenvalue weighted by Crippen LogP contribution is -2.09. The minimum atomic E-state index is -0.348. The first-order valence-corrected chi connectivity index (χ1v) is 4.74. The van der Waals surface area contributed by atoms with Crippen molar-refractivity contribution < 1.29 is 9.53 Å². The minimum absolute atomic E-state index is 0.348. The molecule has 0 amide bonds. The summed E-state index contributed by atoms with van der Waals surface area (Å²) in [6.07, 6.45) is 4.77. The number of ether oxygens (including phenoxy) is 1. The molecule has 4 heteroatoms. The molecule has 1 N–H and O–H groups in total. The molecule has 80 valence electrons. The van der Waals surface area contributed by atoms with E-state index in [0.717, 1.165) is 11.3 Å². The van der Waals surface area contributed by atoms with E-state index in [2.05, 4.69) is 10.3 Å². The fourth-order valence-electron chi connectivity index (χ4n) is 1.13. The van der Waals surface area contributed by atoms with Gasteiger partial charge in [-0.05, 0) is 19.1 Å². The van der Waals surface area contributed by atoms with Crippen molar-refractivity contribution in [3.63, 3.8) is 0 Å². The van der Waals surface area contributed by atoms with E-state index in [0.29, 0.717) is 6.61 Å². The summed E-state index contributed by atoms with van der Waals surface area (Å²) in [5, 5.41) is 2.94. The molecule has 1 aromatic rings. The normalized spacial score (nSPS) is 10.9. The van der Waals surface area contributed by atoms with Crippen LogP contribution in [0.1, 0.15) is 12.5 Å². The highest BCUT2D eigenvalue weighted by Gasteiger charge is 2.02. The van der Waals surface area contributed by atoms with Gasteiger partial charge in [-0.3, -0.25) is 4.98 Å². The quantitative estimate of drug-likeness (QED) is 0.594. The Morgan fingerprint density at radius 2 is 2.20 bits per heavy atom. The Labute approximate surface area is 89.0 Å². The van der Waals surface area contributed by atoms with E-state index in [1.807, 2.05) is 12.1 Å². The van der Waals surface area contributed by atoms with Crippen LogP contribution in [0.2, 0.25) is 0 Å². The Morgan fingerprint density at radius 3 is 2.73 bits per heavy atom. The maximum Gasteiger partial charge on any atom is 0.332 e. The highest BCUT2D eigenvalue weighted by molar-refractivity contribution is 5.90. The minimum Gasteiger partial charge on any atom is -0.463 e. The standard InChI is InChI=1S/C11H14N2O2/c1-3-15-11(14)8-10(12-2)9-4-6-13-7-5-9/h4-8,12H,3H2,1-2H3. The maximum absolute atomic E-state index is 11.2. The molecule has 0 aliphatic heterocycles. The van der Waals surface area contributed by atoms with Crippen LogP contribution in [0, 0.1) is 0 Å². The molecule has 0 aromatic carbocycles. The van der Waals surface area contributed by atoms with E-state index >= 15 is 0 Å². The first-order chi connectivity index (χ1) is 7.27. The van der Waals surface area contributed by atoms with Gasteiger partial charge in [-0.1, -0.05) is 0 Å². The van der Waals surface area contributed by atoms with Gasteiger partial charge in [-0.25, -0.2) is 4.79 Å². The van der Waals surface area contributed by atoms with Crippen molar-refractivity contribution in [1.29, 1.82) is 0 Å². The van der Waals surface area contributed by atoms with Crippen LogP contribution < -0.4 is 5.32 Å². The Morgan fingerprint density at radius 1 is 1.53 bits per heavy atom. The van der Waals surface area contributed by atoms with Crippen molar-refractivity contribution in [2.24, 2.45) is 0 Å². The second kappa shape index (κ2) is 5.80. The Balaban J connectivity index is 2.84. The van der Waals surface area contributed by atoms with Crippen molar-refractivity contribution in [3.05, 3.63) is 36.2 Å². The number of pyridine rings is 1. The van der Waals surface area contributed by atoms with Crippen LogP contribution in [0.5, 0.6) is 0 Å². The number of carbonyl (C=O) groups is 1. The second-order valence-electron chi connectivity index (χ2n) is 2.80. The molecule has 4 nitrogen and oxygen atoms in total. The van der Waals surface area contributed by atoms with E-state index in [4.69, 9.17) is 4.74 Å². The Hall–Kier alpha value is -1.84. The predicted octanol–water partition coefficient (Wildman–Crippen LogP) is 1.21. The van der Waals surface area contributed by atoms with Gasteiger partial charge in [0.25, 0.3) is 0 Å². The molecule has 0 radical (unpaired) electrons. The molecular formula is C11H14N2O2. The van der Waals surface area contributed by atoms with Crippen LogP contribution in [0.15, 0.2) is 30.6 Å². The largest absolute Gasteiger partial charge is 0.463 e. The summed E-state index contributed by atoms with van der Waals surface area (Å²) in [6.45, 7) is 2.15. The maximum atomic E-state index is 11.2. The number of nitrogens with zero attached hydrogens (tertiary/aromatic N) is 1. The van der Waals surface area contributed by atoms with E-state index < -0.39 is 0 Å². The zero-order valence-electron chi connectivity index (χ0n) is 8.86. The average Bonchev–Trinajstić information content (AvgIpc) is 2.27. The number of aromatic nitrogens is 1. The third-order valence-corrected chi connectivity index (χ3v) is 1.81. The van der Waals surface area contributed by atoms with E-state index in [1.165, 1.54) is 6.08 Å². The van der Waals surface area contributed by atoms with Gasteiger partial charge in [0.2, 0.25) is 0 Å². The second-order valence-corrected chi connectivity index (χ2v) is 2.80. The molecule has 0 atom stereocenters. The Bertz CT molecular complexity index is 347. The topological polar surface area (TPSA) is 51.2 Å². The van der Waals surface area contributed by atoms with E-state index in [1.54, 1.807) is 26.4 Å². The van der Waals surface area contributed by atoms with Crippen LogP contribution in [0.25, 0.3) is 5.70 Å². The molecule has 1 rings (SSSR count). The lowest BCUT2D eigenvalue weighted by molar-refractivity contribution is -0.137. The zero-order valence-corrected chi connectivity index (χ0v) is 8.86. The highest BCUT2D eigenvalue weighted by Crippen LogP contribution is 2.08. The summed E-state index contributed by atoms with van der Waals surface area (Å²) in [6, 6.07) is 3.64. The molecule has 1 aromatic heterocycles. The van der Waals surface area contributed by atoms with Crippen molar-refractivity contribution in [3.8, 4) is 0 Å². The number of carbonyl (C=O) groups excluding carboxylic acids is 1. The van der Waals surface area contributed by atoms with Gasteiger partial charge in [0.1, 0.15) is 0 Å². The van der Waals surface area contributed by atoms with Crippen molar-refractivity contribution in [1.82, 2.24) is 10.3 Å².